The van der Waals surface area contributed by atoms with Crippen LogP contribution in [-0.2, 0) is 5.75 Å². The zero-order chi connectivity index (χ0) is 13.0. The van der Waals surface area contributed by atoms with Crippen molar-refractivity contribution in [1.29, 1.82) is 0 Å². The van der Waals surface area contributed by atoms with Crippen LogP contribution in [-0.4, -0.2) is 16.3 Å². The van der Waals surface area contributed by atoms with Gasteiger partial charge in [0.25, 0.3) is 0 Å². The van der Waals surface area contributed by atoms with Crippen LogP contribution in [0.25, 0.3) is 0 Å². The average molecular weight is 279 g/mol. The maximum atomic E-state index is 10.9. The van der Waals surface area contributed by atoms with Crippen LogP contribution < -0.4 is 0 Å². The van der Waals surface area contributed by atoms with Crippen molar-refractivity contribution in [3.8, 4) is 0 Å². The van der Waals surface area contributed by atoms with Gasteiger partial charge in [-0.3, -0.25) is 4.79 Å². The Balaban J connectivity index is 2.15. The summed E-state index contributed by atoms with van der Waals surface area (Å²) in [6.07, 6.45) is 2.06. The van der Waals surface area contributed by atoms with Crippen LogP contribution in [0.1, 0.15) is 21.5 Å². The van der Waals surface area contributed by atoms with Gasteiger partial charge in [-0.1, -0.05) is 41.4 Å². The largest absolute Gasteiger partial charge is 0.298 e. The highest BCUT2D eigenvalue weighted by molar-refractivity contribution is 7.98. The summed E-state index contributed by atoms with van der Waals surface area (Å²) in [5.41, 5.74) is 2.76. The zero-order valence-electron chi connectivity index (χ0n) is 9.76. The fourth-order valence-electron chi connectivity index (χ4n) is 1.53. The van der Waals surface area contributed by atoms with Crippen molar-refractivity contribution in [2.75, 3.05) is 0 Å². The molecule has 18 heavy (non-hydrogen) atoms. The highest BCUT2D eigenvalue weighted by Gasteiger charge is 2.09. The third kappa shape index (κ3) is 3.09. The minimum absolute atomic E-state index is 0.201. The standard InChI is InChI=1S/C13H11ClN2OS/c1-9-3-2-4-10(5-9)7-18-13-11(6-17)12(14)15-8-16-13/h2-6,8H,7H2,1H3. The Morgan fingerprint density at radius 2 is 2.22 bits per heavy atom. The summed E-state index contributed by atoms with van der Waals surface area (Å²) in [4.78, 5) is 18.8. The SMILES string of the molecule is Cc1cccc(CSc2ncnc(Cl)c2C=O)c1. The first-order chi connectivity index (χ1) is 8.70. The number of aldehydes is 1. The second kappa shape index (κ2) is 5.98. The number of hydrogen-bond acceptors (Lipinski definition) is 4. The van der Waals surface area contributed by atoms with E-state index in [4.69, 9.17) is 11.6 Å². The van der Waals surface area contributed by atoms with E-state index in [0.29, 0.717) is 16.9 Å². The van der Waals surface area contributed by atoms with E-state index in [1.54, 1.807) is 0 Å². The summed E-state index contributed by atoms with van der Waals surface area (Å²) in [5, 5.41) is 0.818. The molecule has 0 saturated carbocycles. The molecule has 1 aromatic carbocycles. The van der Waals surface area contributed by atoms with E-state index < -0.39 is 0 Å². The van der Waals surface area contributed by atoms with Crippen molar-refractivity contribution in [3.05, 3.63) is 52.4 Å². The van der Waals surface area contributed by atoms with Crippen LogP contribution in [0.4, 0.5) is 0 Å². The monoisotopic (exact) mass is 278 g/mol. The molecule has 1 aromatic heterocycles. The number of thioether (sulfide) groups is 1. The van der Waals surface area contributed by atoms with Crippen LogP contribution in [0.5, 0.6) is 0 Å². The first-order valence-electron chi connectivity index (χ1n) is 5.34. The van der Waals surface area contributed by atoms with Gasteiger partial charge in [0.15, 0.2) is 6.29 Å². The van der Waals surface area contributed by atoms with E-state index in [0.717, 1.165) is 5.75 Å². The molecule has 0 fully saturated rings. The quantitative estimate of drug-likeness (QED) is 0.487. The molecule has 2 aromatic rings. The first-order valence-corrected chi connectivity index (χ1v) is 6.71. The molecule has 0 aliphatic heterocycles. The molecule has 0 spiro atoms. The molecule has 5 heteroatoms. The highest BCUT2D eigenvalue weighted by atomic mass is 35.5. The molecule has 0 unspecified atom stereocenters. The molecule has 0 N–H and O–H groups in total. The van der Waals surface area contributed by atoms with E-state index in [2.05, 4.69) is 16.0 Å². The van der Waals surface area contributed by atoms with Crippen molar-refractivity contribution in [1.82, 2.24) is 9.97 Å². The number of carbonyl (C=O) groups is 1. The predicted molar refractivity (Wildman–Crippen MR) is 73.2 cm³/mol. The molecule has 92 valence electrons. The Bertz CT molecular complexity index is 575. The van der Waals surface area contributed by atoms with Gasteiger partial charge < -0.3 is 0 Å². The molecule has 0 saturated heterocycles. The number of benzene rings is 1. The van der Waals surface area contributed by atoms with Gasteiger partial charge in [0.1, 0.15) is 16.5 Å². The van der Waals surface area contributed by atoms with Gasteiger partial charge in [0.05, 0.1) is 5.56 Å². The smallest absolute Gasteiger partial charge is 0.155 e. The topological polar surface area (TPSA) is 42.9 Å². The van der Waals surface area contributed by atoms with Crippen LogP contribution >= 0.6 is 23.4 Å². The molecular weight excluding hydrogens is 268 g/mol. The maximum Gasteiger partial charge on any atom is 0.155 e. The van der Waals surface area contributed by atoms with Crippen molar-refractivity contribution in [2.45, 2.75) is 17.7 Å². The van der Waals surface area contributed by atoms with Gasteiger partial charge >= 0.3 is 0 Å². The summed E-state index contributed by atoms with van der Waals surface area (Å²) >= 11 is 7.32. The molecule has 0 radical (unpaired) electrons. The number of halogens is 1. The summed E-state index contributed by atoms with van der Waals surface area (Å²) in [6.45, 7) is 2.05. The van der Waals surface area contributed by atoms with Crippen molar-refractivity contribution in [2.24, 2.45) is 0 Å². The maximum absolute atomic E-state index is 10.9. The normalized spacial score (nSPS) is 10.3. The minimum Gasteiger partial charge on any atom is -0.298 e. The first kappa shape index (κ1) is 13.1. The molecule has 2 rings (SSSR count). The molecule has 1 heterocycles. The molecule has 0 aliphatic carbocycles. The third-order valence-electron chi connectivity index (χ3n) is 2.37. The lowest BCUT2D eigenvalue weighted by Crippen LogP contribution is -1.94. The van der Waals surface area contributed by atoms with E-state index in [1.165, 1.54) is 29.2 Å². The minimum atomic E-state index is 0.201. The number of hydrogen-bond donors (Lipinski definition) is 0. The number of carbonyl (C=O) groups excluding carboxylic acids is 1. The highest BCUT2D eigenvalue weighted by Crippen LogP contribution is 2.26. The number of rotatable bonds is 4. The van der Waals surface area contributed by atoms with Gasteiger partial charge in [-0.25, -0.2) is 9.97 Å². The Kier molecular flexibility index (Phi) is 4.33. The third-order valence-corrected chi connectivity index (χ3v) is 3.75. The van der Waals surface area contributed by atoms with Crippen molar-refractivity contribution in [3.63, 3.8) is 0 Å². The fraction of sp³-hybridized carbons (Fsp3) is 0.154. The second-order valence-electron chi connectivity index (χ2n) is 3.78. The molecule has 0 atom stereocenters. The van der Waals surface area contributed by atoms with Crippen LogP contribution in [0.15, 0.2) is 35.6 Å². The Morgan fingerprint density at radius 3 is 2.94 bits per heavy atom. The molecular formula is C13H11ClN2OS. The van der Waals surface area contributed by atoms with Gasteiger partial charge in [-0.2, -0.15) is 0 Å². The molecule has 0 aliphatic rings. The van der Waals surface area contributed by atoms with Crippen LogP contribution in [0.3, 0.4) is 0 Å². The Hall–Kier alpha value is -1.39. The van der Waals surface area contributed by atoms with Gasteiger partial charge in [-0.05, 0) is 12.5 Å². The lowest BCUT2D eigenvalue weighted by molar-refractivity contribution is 0.112. The summed E-state index contributed by atoms with van der Waals surface area (Å²) in [5.74, 6) is 0.746. The number of nitrogens with zero attached hydrogens (tertiary/aromatic N) is 2. The fourth-order valence-corrected chi connectivity index (χ4v) is 2.67. The predicted octanol–water partition coefficient (Wildman–Crippen LogP) is 3.54. The lowest BCUT2D eigenvalue weighted by Gasteiger charge is -2.05. The van der Waals surface area contributed by atoms with Gasteiger partial charge in [0, 0.05) is 5.75 Å². The molecule has 0 bridgehead atoms. The Morgan fingerprint density at radius 1 is 1.39 bits per heavy atom. The van der Waals surface area contributed by atoms with Gasteiger partial charge in [0.2, 0.25) is 0 Å². The van der Waals surface area contributed by atoms with E-state index in [9.17, 15) is 4.79 Å². The number of aryl methyl sites for hydroxylation is 1. The molecule has 0 amide bonds. The summed E-state index contributed by atoms with van der Waals surface area (Å²) in [6, 6.07) is 8.21. The lowest BCUT2D eigenvalue weighted by atomic mass is 10.2. The zero-order valence-corrected chi connectivity index (χ0v) is 11.3. The van der Waals surface area contributed by atoms with Crippen LogP contribution in [0.2, 0.25) is 5.15 Å². The summed E-state index contributed by atoms with van der Waals surface area (Å²) in [7, 11) is 0. The van der Waals surface area contributed by atoms with E-state index in [-0.39, 0.29) is 5.15 Å². The number of aromatic nitrogens is 2. The molecule has 3 nitrogen and oxygen atoms in total. The van der Waals surface area contributed by atoms with Crippen molar-refractivity contribution >= 4 is 29.6 Å². The van der Waals surface area contributed by atoms with E-state index >= 15 is 0 Å². The van der Waals surface area contributed by atoms with Gasteiger partial charge in [-0.15, -0.1) is 11.8 Å². The summed E-state index contributed by atoms with van der Waals surface area (Å²) < 4.78 is 0. The van der Waals surface area contributed by atoms with Crippen molar-refractivity contribution < 1.29 is 4.79 Å². The second-order valence-corrected chi connectivity index (χ2v) is 5.10. The average Bonchev–Trinajstić information content (AvgIpc) is 2.36. The van der Waals surface area contributed by atoms with E-state index in [1.807, 2.05) is 25.1 Å². The Labute approximate surface area is 115 Å². The van der Waals surface area contributed by atoms with Crippen LogP contribution in [0, 0.1) is 6.92 Å².